The van der Waals surface area contributed by atoms with Gasteiger partial charge in [-0.3, -0.25) is 14.8 Å². The summed E-state index contributed by atoms with van der Waals surface area (Å²) in [6.07, 6.45) is 5.43. The normalized spacial score (nSPS) is 24.8. The molecule has 3 rings (SSSR count). The predicted octanol–water partition coefficient (Wildman–Crippen LogP) is 3.85. The van der Waals surface area contributed by atoms with E-state index in [0.717, 1.165) is 24.1 Å². The number of allylic oxidation sites excluding steroid dienone is 1. The fraction of sp³-hybridized carbons (Fsp3) is 0.524. The van der Waals surface area contributed by atoms with Crippen molar-refractivity contribution < 1.29 is 14.3 Å². The summed E-state index contributed by atoms with van der Waals surface area (Å²) in [5.74, 6) is -1.01. The van der Waals surface area contributed by atoms with Crippen molar-refractivity contribution in [2.24, 2.45) is 16.3 Å². The largest absolute Gasteiger partial charge is 0.462 e. The van der Waals surface area contributed by atoms with Crippen LogP contribution in [0, 0.1) is 11.3 Å². The quantitative estimate of drug-likeness (QED) is 0.770. The number of nitrogens with zero attached hydrogens (tertiary/aromatic N) is 2. The number of aliphatic imine (C=N–C) groups is 1. The van der Waals surface area contributed by atoms with Gasteiger partial charge in [-0.05, 0) is 36.8 Å². The lowest BCUT2D eigenvalue weighted by molar-refractivity contribution is -0.139. The van der Waals surface area contributed by atoms with Gasteiger partial charge in [-0.2, -0.15) is 0 Å². The van der Waals surface area contributed by atoms with Crippen molar-refractivity contribution in [3.05, 3.63) is 41.4 Å². The molecule has 0 bridgehead atoms. The lowest BCUT2D eigenvalue weighted by Gasteiger charge is -2.40. The Labute approximate surface area is 154 Å². The molecule has 2 heterocycles. The van der Waals surface area contributed by atoms with E-state index >= 15 is 0 Å². The Hall–Kier alpha value is -2.30. The Morgan fingerprint density at radius 2 is 2.08 bits per heavy atom. The number of ether oxygens (including phenoxy) is 1. The number of fused-ring (bicyclic) bond motifs is 1. The van der Waals surface area contributed by atoms with Gasteiger partial charge in [-0.15, -0.1) is 0 Å². The van der Waals surface area contributed by atoms with E-state index in [1.165, 1.54) is 0 Å². The highest BCUT2D eigenvalue weighted by Crippen LogP contribution is 2.46. The number of hydrogen-bond donors (Lipinski definition) is 0. The van der Waals surface area contributed by atoms with Gasteiger partial charge in [0.2, 0.25) is 0 Å². The van der Waals surface area contributed by atoms with Gasteiger partial charge in [0.1, 0.15) is 5.78 Å². The predicted molar refractivity (Wildman–Crippen MR) is 99.9 cm³/mol. The van der Waals surface area contributed by atoms with E-state index in [1.54, 1.807) is 12.4 Å². The van der Waals surface area contributed by atoms with Gasteiger partial charge < -0.3 is 4.74 Å². The summed E-state index contributed by atoms with van der Waals surface area (Å²) >= 11 is 0. The van der Waals surface area contributed by atoms with Gasteiger partial charge in [0.05, 0.1) is 18.1 Å². The molecule has 1 aliphatic heterocycles. The molecule has 0 saturated heterocycles. The second-order valence-corrected chi connectivity index (χ2v) is 7.96. The molecular weight excluding hydrogens is 328 g/mol. The van der Waals surface area contributed by atoms with Crippen molar-refractivity contribution in [1.82, 2.24) is 4.98 Å². The highest BCUT2D eigenvalue weighted by atomic mass is 16.5. The molecule has 1 aromatic heterocycles. The summed E-state index contributed by atoms with van der Waals surface area (Å²) in [6.45, 7) is 8.33. The number of ketones is 1. The molecule has 0 N–H and O–H groups in total. The molecule has 26 heavy (non-hydrogen) atoms. The molecule has 1 saturated carbocycles. The average molecular weight is 354 g/mol. The van der Waals surface area contributed by atoms with Crippen molar-refractivity contribution in [1.29, 1.82) is 0 Å². The maximum Gasteiger partial charge on any atom is 0.336 e. The lowest BCUT2D eigenvalue weighted by atomic mass is 9.63. The molecule has 0 aromatic carbocycles. The number of Topliss-reactive ketones (excluding diaryl/α,β-unsaturated/α-hetero) is 1. The molecule has 1 aliphatic carbocycles. The Morgan fingerprint density at radius 3 is 2.73 bits per heavy atom. The topological polar surface area (TPSA) is 68.6 Å². The van der Waals surface area contributed by atoms with E-state index in [9.17, 15) is 9.59 Å². The highest BCUT2D eigenvalue weighted by Gasteiger charge is 2.47. The van der Waals surface area contributed by atoms with Crippen molar-refractivity contribution in [2.75, 3.05) is 6.61 Å². The van der Waals surface area contributed by atoms with Crippen LogP contribution in [-0.4, -0.2) is 29.1 Å². The van der Waals surface area contributed by atoms with E-state index in [0.29, 0.717) is 24.3 Å². The minimum Gasteiger partial charge on any atom is -0.462 e. The van der Waals surface area contributed by atoms with Crippen molar-refractivity contribution in [2.45, 2.75) is 52.9 Å². The third kappa shape index (κ3) is 3.48. The molecule has 138 valence electrons. The molecule has 0 spiro atoms. The molecule has 1 aromatic rings. The van der Waals surface area contributed by atoms with E-state index in [1.807, 2.05) is 26.0 Å². The highest BCUT2D eigenvalue weighted by molar-refractivity contribution is 6.12. The third-order valence-corrected chi connectivity index (χ3v) is 5.06. The maximum absolute atomic E-state index is 13.0. The van der Waals surface area contributed by atoms with E-state index in [2.05, 4.69) is 18.8 Å². The molecule has 2 atom stereocenters. The standard InChI is InChI=1S/C21H26N2O3/c1-5-9-26-20(25)17-13(2)23-15-10-21(3,4)11-16(24)19(15)18(17)14-7-6-8-22-12-14/h6-8,12,18-19H,5,9-11H2,1-4H3/t18-,19+/m0/s1. The van der Waals surface area contributed by atoms with Crippen LogP contribution in [-0.2, 0) is 14.3 Å². The summed E-state index contributed by atoms with van der Waals surface area (Å²) in [5, 5.41) is 0. The molecule has 5 heteroatoms. The Bertz CT molecular complexity index is 778. The zero-order valence-corrected chi connectivity index (χ0v) is 15.9. The molecule has 2 aliphatic rings. The van der Waals surface area contributed by atoms with E-state index < -0.39 is 5.92 Å². The van der Waals surface area contributed by atoms with Gasteiger partial charge in [0, 0.05) is 36.1 Å². The molecule has 0 amide bonds. The number of aromatic nitrogens is 1. The fourth-order valence-electron chi connectivity index (χ4n) is 4.05. The van der Waals surface area contributed by atoms with E-state index in [4.69, 9.17) is 9.73 Å². The maximum atomic E-state index is 13.0. The van der Waals surface area contributed by atoms with Gasteiger partial charge >= 0.3 is 5.97 Å². The Balaban J connectivity index is 2.11. The van der Waals surface area contributed by atoms with Crippen LogP contribution in [0.25, 0.3) is 0 Å². The number of pyridine rings is 1. The summed E-state index contributed by atoms with van der Waals surface area (Å²) in [7, 11) is 0. The lowest BCUT2D eigenvalue weighted by Crippen LogP contribution is -2.44. The number of rotatable bonds is 4. The zero-order valence-electron chi connectivity index (χ0n) is 15.9. The fourth-order valence-corrected chi connectivity index (χ4v) is 4.05. The van der Waals surface area contributed by atoms with Crippen LogP contribution >= 0.6 is 0 Å². The van der Waals surface area contributed by atoms with Crippen LogP contribution in [0.4, 0.5) is 0 Å². The molecule has 1 fully saturated rings. The minimum atomic E-state index is -0.403. The van der Waals surface area contributed by atoms with Gasteiger partial charge in [0.15, 0.2) is 0 Å². The summed E-state index contributed by atoms with van der Waals surface area (Å²) in [5.41, 5.74) is 2.78. The SMILES string of the molecule is CCCOC(=O)C1=C(C)N=C2CC(C)(C)CC(=O)[C@@H]2[C@H]1c1cccnc1. The first-order valence-electron chi connectivity index (χ1n) is 9.22. The van der Waals surface area contributed by atoms with Crippen LogP contribution in [0.5, 0.6) is 0 Å². The van der Waals surface area contributed by atoms with Crippen LogP contribution in [0.3, 0.4) is 0 Å². The zero-order chi connectivity index (χ0) is 18.9. The van der Waals surface area contributed by atoms with Crippen LogP contribution in [0.2, 0.25) is 0 Å². The number of hydrogen-bond acceptors (Lipinski definition) is 5. The van der Waals surface area contributed by atoms with Crippen molar-refractivity contribution >= 4 is 17.5 Å². The van der Waals surface area contributed by atoms with Crippen LogP contribution < -0.4 is 0 Å². The van der Waals surface area contributed by atoms with Gasteiger partial charge in [-0.1, -0.05) is 26.8 Å². The average Bonchev–Trinajstić information content (AvgIpc) is 2.58. The monoisotopic (exact) mass is 354 g/mol. The number of esters is 1. The van der Waals surface area contributed by atoms with Gasteiger partial charge in [0.25, 0.3) is 0 Å². The summed E-state index contributed by atoms with van der Waals surface area (Å²) < 4.78 is 5.41. The van der Waals surface area contributed by atoms with Gasteiger partial charge in [-0.25, -0.2) is 4.79 Å². The molecule has 0 radical (unpaired) electrons. The second-order valence-electron chi connectivity index (χ2n) is 7.96. The van der Waals surface area contributed by atoms with Crippen LogP contribution in [0.1, 0.15) is 58.4 Å². The van der Waals surface area contributed by atoms with Crippen LogP contribution in [0.15, 0.2) is 40.8 Å². The first kappa shape index (κ1) is 18.5. The minimum absolute atomic E-state index is 0.105. The first-order chi connectivity index (χ1) is 12.3. The first-order valence-corrected chi connectivity index (χ1v) is 9.22. The molecule has 5 nitrogen and oxygen atoms in total. The summed E-state index contributed by atoms with van der Waals surface area (Å²) in [6, 6.07) is 3.76. The van der Waals surface area contributed by atoms with E-state index in [-0.39, 0.29) is 23.1 Å². The van der Waals surface area contributed by atoms with Crippen molar-refractivity contribution in [3.63, 3.8) is 0 Å². The van der Waals surface area contributed by atoms with Crippen molar-refractivity contribution in [3.8, 4) is 0 Å². The summed E-state index contributed by atoms with van der Waals surface area (Å²) in [4.78, 5) is 34.7. The second kappa shape index (κ2) is 7.14. The molecular formula is C21H26N2O3. The molecule has 0 unspecified atom stereocenters. The number of carbonyl (C=O) groups excluding carboxylic acids is 2. The Kier molecular flexibility index (Phi) is 5.08. The Morgan fingerprint density at radius 1 is 1.31 bits per heavy atom. The third-order valence-electron chi connectivity index (χ3n) is 5.06. The number of carbonyl (C=O) groups is 2. The smallest absolute Gasteiger partial charge is 0.336 e.